The number of allylic oxidation sites excluding steroid dienone is 1. The van der Waals surface area contributed by atoms with Gasteiger partial charge in [0, 0.05) is 6.07 Å². The Bertz CT molecular complexity index is 934. The minimum atomic E-state index is -0.565. The van der Waals surface area contributed by atoms with Gasteiger partial charge in [-0.2, -0.15) is 0 Å². The van der Waals surface area contributed by atoms with Crippen LogP contribution in [0.3, 0.4) is 0 Å². The van der Waals surface area contributed by atoms with E-state index in [0.29, 0.717) is 17.1 Å². The molecule has 0 radical (unpaired) electrons. The van der Waals surface area contributed by atoms with Gasteiger partial charge in [-0.05, 0) is 41.2 Å². The molecule has 5 nitrogen and oxygen atoms in total. The molecule has 0 aliphatic carbocycles. The zero-order chi connectivity index (χ0) is 19.8. The van der Waals surface area contributed by atoms with Gasteiger partial charge in [0.25, 0.3) is 5.91 Å². The summed E-state index contributed by atoms with van der Waals surface area (Å²) in [6.45, 7) is 8.04. The first-order valence-corrected chi connectivity index (χ1v) is 8.75. The van der Waals surface area contributed by atoms with E-state index in [1.54, 1.807) is 25.1 Å². The Kier molecular flexibility index (Phi) is 4.79. The number of carbonyl (C=O) groups excluding carboxylic acids is 2. The molecule has 1 aliphatic rings. The van der Waals surface area contributed by atoms with Gasteiger partial charge >= 0.3 is 0 Å². The van der Waals surface area contributed by atoms with E-state index in [9.17, 15) is 9.59 Å². The fraction of sp³-hybridized carbons (Fsp3) is 0.273. The summed E-state index contributed by atoms with van der Waals surface area (Å²) in [5, 5.41) is 0. The normalized spacial score (nSPS) is 14.8. The number of Topliss-reactive ketones (excluding diaryl/α,β-unsaturated/α-hetero) is 1. The first-order valence-electron chi connectivity index (χ1n) is 8.75. The molecule has 0 saturated carbocycles. The lowest BCUT2D eigenvalue weighted by atomic mass is 9.86. The van der Waals surface area contributed by atoms with Crippen LogP contribution in [0.2, 0.25) is 0 Å². The molecule has 2 N–H and O–H groups in total. The Morgan fingerprint density at radius 3 is 2.44 bits per heavy atom. The van der Waals surface area contributed by atoms with Crippen LogP contribution < -0.4 is 15.2 Å². The average molecular weight is 365 g/mol. The number of carbonyl (C=O) groups is 2. The van der Waals surface area contributed by atoms with Gasteiger partial charge < -0.3 is 15.2 Å². The SMILES string of the molecule is Cc1cc(OCC(N)=O)cc2c1C(=O)/C(=C/c1ccc(C(C)(C)C)cc1)O2. The number of fused-ring (bicyclic) bond motifs is 1. The van der Waals surface area contributed by atoms with Gasteiger partial charge in [0.2, 0.25) is 5.78 Å². The molecule has 0 aromatic heterocycles. The zero-order valence-corrected chi connectivity index (χ0v) is 16.0. The second-order valence-electron chi connectivity index (χ2n) is 7.68. The lowest BCUT2D eigenvalue weighted by molar-refractivity contribution is -0.119. The summed E-state index contributed by atoms with van der Waals surface area (Å²) in [5.74, 6) is 0.405. The minimum Gasteiger partial charge on any atom is -0.484 e. The van der Waals surface area contributed by atoms with Crippen LogP contribution in [0.5, 0.6) is 11.5 Å². The van der Waals surface area contributed by atoms with Crippen LogP contribution in [0.15, 0.2) is 42.2 Å². The van der Waals surface area contributed by atoms with E-state index in [1.165, 1.54) is 5.56 Å². The molecule has 1 aliphatic heterocycles. The first-order chi connectivity index (χ1) is 12.6. The van der Waals surface area contributed by atoms with Crippen molar-refractivity contribution in [3.05, 3.63) is 64.4 Å². The summed E-state index contributed by atoms with van der Waals surface area (Å²) in [5.41, 5.74) is 8.52. The number of amides is 1. The number of rotatable bonds is 4. The lowest BCUT2D eigenvalue weighted by Gasteiger charge is -2.18. The Hall–Kier alpha value is -3.08. The van der Waals surface area contributed by atoms with Crippen molar-refractivity contribution in [3.63, 3.8) is 0 Å². The van der Waals surface area contributed by atoms with E-state index in [1.807, 2.05) is 12.1 Å². The van der Waals surface area contributed by atoms with Crippen molar-refractivity contribution in [2.24, 2.45) is 5.73 Å². The quantitative estimate of drug-likeness (QED) is 0.837. The molecule has 27 heavy (non-hydrogen) atoms. The summed E-state index contributed by atoms with van der Waals surface area (Å²) >= 11 is 0. The maximum atomic E-state index is 12.7. The molecule has 5 heteroatoms. The summed E-state index contributed by atoms with van der Waals surface area (Å²) in [6, 6.07) is 11.4. The van der Waals surface area contributed by atoms with Gasteiger partial charge in [-0.25, -0.2) is 0 Å². The molecule has 0 spiro atoms. The Labute approximate surface area is 158 Å². The van der Waals surface area contributed by atoms with Crippen molar-refractivity contribution >= 4 is 17.8 Å². The number of nitrogens with two attached hydrogens (primary N) is 1. The number of ketones is 1. The second kappa shape index (κ2) is 6.91. The third kappa shape index (κ3) is 4.03. The van der Waals surface area contributed by atoms with Crippen molar-refractivity contribution in [2.75, 3.05) is 6.61 Å². The van der Waals surface area contributed by atoms with Crippen molar-refractivity contribution in [1.29, 1.82) is 0 Å². The maximum absolute atomic E-state index is 12.7. The maximum Gasteiger partial charge on any atom is 0.255 e. The fourth-order valence-corrected chi connectivity index (χ4v) is 2.95. The monoisotopic (exact) mass is 365 g/mol. The van der Waals surface area contributed by atoms with E-state index in [4.69, 9.17) is 15.2 Å². The first kappa shape index (κ1) is 18.7. The van der Waals surface area contributed by atoms with Crippen LogP contribution in [-0.4, -0.2) is 18.3 Å². The van der Waals surface area contributed by atoms with Crippen LogP contribution in [0.25, 0.3) is 6.08 Å². The molecule has 0 fully saturated rings. The van der Waals surface area contributed by atoms with Crippen LogP contribution in [0, 0.1) is 6.92 Å². The topological polar surface area (TPSA) is 78.6 Å². The average Bonchev–Trinajstić information content (AvgIpc) is 2.89. The lowest BCUT2D eigenvalue weighted by Crippen LogP contribution is -2.20. The summed E-state index contributed by atoms with van der Waals surface area (Å²) in [4.78, 5) is 23.6. The molecule has 1 heterocycles. The number of hydrogen-bond acceptors (Lipinski definition) is 4. The molecular formula is C22H23NO4. The van der Waals surface area contributed by atoms with Crippen molar-refractivity contribution in [2.45, 2.75) is 33.1 Å². The van der Waals surface area contributed by atoms with Crippen LogP contribution in [0.1, 0.15) is 47.8 Å². The third-order valence-corrected chi connectivity index (χ3v) is 4.40. The highest BCUT2D eigenvalue weighted by atomic mass is 16.5. The Balaban J connectivity index is 1.86. The number of primary amides is 1. The molecule has 0 bridgehead atoms. The highest BCUT2D eigenvalue weighted by Gasteiger charge is 2.30. The predicted octanol–water partition coefficient (Wildman–Crippen LogP) is 3.77. The van der Waals surface area contributed by atoms with Crippen LogP contribution in [-0.2, 0) is 10.2 Å². The van der Waals surface area contributed by atoms with E-state index in [0.717, 1.165) is 11.1 Å². The van der Waals surface area contributed by atoms with E-state index in [2.05, 4.69) is 32.9 Å². The van der Waals surface area contributed by atoms with E-state index < -0.39 is 5.91 Å². The van der Waals surface area contributed by atoms with Gasteiger partial charge in [0.1, 0.15) is 11.5 Å². The van der Waals surface area contributed by atoms with Crippen molar-refractivity contribution in [1.82, 2.24) is 0 Å². The van der Waals surface area contributed by atoms with Gasteiger partial charge in [0.05, 0.1) is 5.56 Å². The van der Waals surface area contributed by atoms with Gasteiger partial charge in [-0.15, -0.1) is 0 Å². The number of aryl methyl sites for hydroxylation is 1. The molecule has 3 rings (SSSR count). The largest absolute Gasteiger partial charge is 0.484 e. The molecule has 2 aromatic rings. The number of benzene rings is 2. The standard InChI is InChI=1S/C22H23NO4/c1-13-9-16(26-12-19(23)24)11-17-20(13)21(25)18(27-17)10-14-5-7-15(8-6-14)22(2,3)4/h5-11H,12H2,1-4H3,(H2,23,24)/b18-10-. The Morgan fingerprint density at radius 1 is 1.19 bits per heavy atom. The number of hydrogen-bond donors (Lipinski definition) is 1. The van der Waals surface area contributed by atoms with Crippen molar-refractivity contribution < 1.29 is 19.1 Å². The highest BCUT2D eigenvalue weighted by Crippen LogP contribution is 2.37. The Morgan fingerprint density at radius 2 is 1.85 bits per heavy atom. The summed E-state index contributed by atoms with van der Waals surface area (Å²) in [7, 11) is 0. The molecule has 140 valence electrons. The summed E-state index contributed by atoms with van der Waals surface area (Å²) < 4.78 is 11.1. The molecule has 0 atom stereocenters. The smallest absolute Gasteiger partial charge is 0.255 e. The predicted molar refractivity (Wildman–Crippen MR) is 104 cm³/mol. The summed E-state index contributed by atoms with van der Waals surface area (Å²) in [6.07, 6.45) is 1.73. The van der Waals surface area contributed by atoms with Crippen LogP contribution in [0.4, 0.5) is 0 Å². The van der Waals surface area contributed by atoms with Crippen LogP contribution >= 0.6 is 0 Å². The van der Waals surface area contributed by atoms with Gasteiger partial charge in [-0.3, -0.25) is 9.59 Å². The van der Waals surface area contributed by atoms with Gasteiger partial charge in [-0.1, -0.05) is 45.0 Å². The minimum absolute atomic E-state index is 0.0695. The zero-order valence-electron chi connectivity index (χ0n) is 16.0. The van der Waals surface area contributed by atoms with E-state index in [-0.39, 0.29) is 23.6 Å². The highest BCUT2D eigenvalue weighted by molar-refractivity contribution is 6.15. The fourth-order valence-electron chi connectivity index (χ4n) is 2.95. The molecule has 0 unspecified atom stereocenters. The third-order valence-electron chi connectivity index (χ3n) is 4.40. The second-order valence-corrected chi connectivity index (χ2v) is 7.68. The van der Waals surface area contributed by atoms with Crippen molar-refractivity contribution in [3.8, 4) is 11.5 Å². The molecular weight excluding hydrogens is 342 g/mol. The van der Waals surface area contributed by atoms with E-state index >= 15 is 0 Å². The number of ether oxygens (including phenoxy) is 2. The van der Waals surface area contributed by atoms with Gasteiger partial charge in [0.15, 0.2) is 12.4 Å². The molecule has 0 saturated heterocycles. The molecule has 1 amide bonds. The molecule has 2 aromatic carbocycles.